The molecule has 0 saturated carbocycles. The maximum atomic E-state index is 13.1. The van der Waals surface area contributed by atoms with Crippen LogP contribution in [-0.2, 0) is 6.54 Å². The Hall–Kier alpha value is -4.52. The smallest absolute Gasteiger partial charge is 0.251 e. The van der Waals surface area contributed by atoms with Crippen molar-refractivity contribution in [2.45, 2.75) is 6.54 Å². The van der Waals surface area contributed by atoms with Gasteiger partial charge in [0.25, 0.3) is 5.91 Å². The molecule has 0 atom stereocenters. The molecular weight excluding hydrogens is 426 g/mol. The SMILES string of the molecule is CN(C)c1ccc(C(=O)c2nc(-c3cccc(C(=O)NCc4ccccc4)c3)cnc2N)cc1. The minimum Gasteiger partial charge on any atom is -0.382 e. The molecule has 0 radical (unpaired) electrons. The van der Waals surface area contributed by atoms with Crippen LogP contribution in [0.2, 0.25) is 0 Å². The molecule has 0 unspecified atom stereocenters. The first-order valence-electron chi connectivity index (χ1n) is 10.8. The highest BCUT2D eigenvalue weighted by Crippen LogP contribution is 2.22. The number of anilines is 2. The number of nitrogens with two attached hydrogens (primary N) is 1. The van der Waals surface area contributed by atoms with Crippen molar-refractivity contribution >= 4 is 23.2 Å². The number of carbonyl (C=O) groups is 2. The Morgan fingerprint density at radius 2 is 1.65 bits per heavy atom. The molecule has 0 aliphatic heterocycles. The van der Waals surface area contributed by atoms with Crippen LogP contribution in [-0.4, -0.2) is 35.8 Å². The lowest BCUT2D eigenvalue weighted by atomic mass is 10.1. The fraction of sp³-hybridized carbons (Fsp3) is 0.111. The predicted molar refractivity (Wildman–Crippen MR) is 134 cm³/mol. The molecule has 170 valence electrons. The van der Waals surface area contributed by atoms with Gasteiger partial charge in [-0.3, -0.25) is 9.59 Å². The molecule has 0 aliphatic carbocycles. The number of aromatic nitrogens is 2. The monoisotopic (exact) mass is 451 g/mol. The molecule has 34 heavy (non-hydrogen) atoms. The van der Waals surface area contributed by atoms with Gasteiger partial charge in [-0.05, 0) is 42.0 Å². The molecule has 4 rings (SSSR count). The third-order valence-corrected chi connectivity index (χ3v) is 5.38. The van der Waals surface area contributed by atoms with Crippen molar-refractivity contribution in [3.8, 4) is 11.3 Å². The van der Waals surface area contributed by atoms with E-state index in [9.17, 15) is 9.59 Å². The van der Waals surface area contributed by atoms with E-state index in [1.807, 2.05) is 67.5 Å². The van der Waals surface area contributed by atoms with Crippen LogP contribution in [0.1, 0.15) is 32.0 Å². The van der Waals surface area contributed by atoms with Gasteiger partial charge < -0.3 is 16.0 Å². The average molecular weight is 452 g/mol. The summed E-state index contributed by atoms with van der Waals surface area (Å²) in [6, 6.07) is 23.9. The Labute approximate surface area is 198 Å². The first-order chi connectivity index (χ1) is 16.4. The van der Waals surface area contributed by atoms with Gasteiger partial charge in [-0.25, -0.2) is 9.97 Å². The number of carbonyl (C=O) groups excluding carboxylic acids is 2. The van der Waals surface area contributed by atoms with Crippen molar-refractivity contribution < 1.29 is 9.59 Å². The summed E-state index contributed by atoms with van der Waals surface area (Å²) in [5.41, 5.74) is 10.1. The molecule has 0 spiro atoms. The molecule has 0 saturated heterocycles. The van der Waals surface area contributed by atoms with E-state index in [4.69, 9.17) is 5.73 Å². The molecule has 0 bridgehead atoms. The van der Waals surface area contributed by atoms with Crippen LogP contribution in [0.15, 0.2) is 85.1 Å². The lowest BCUT2D eigenvalue weighted by molar-refractivity contribution is 0.0950. The Morgan fingerprint density at radius 3 is 2.35 bits per heavy atom. The van der Waals surface area contributed by atoms with E-state index in [-0.39, 0.29) is 23.2 Å². The number of nitrogens with zero attached hydrogens (tertiary/aromatic N) is 3. The minimum absolute atomic E-state index is 0.0576. The predicted octanol–water partition coefficient (Wildman–Crippen LogP) is 3.95. The first kappa shape index (κ1) is 22.7. The molecule has 4 aromatic rings. The Kier molecular flexibility index (Phi) is 6.64. The third-order valence-electron chi connectivity index (χ3n) is 5.38. The quantitative estimate of drug-likeness (QED) is 0.413. The van der Waals surface area contributed by atoms with Gasteiger partial charge in [-0.15, -0.1) is 0 Å². The van der Waals surface area contributed by atoms with Crippen LogP contribution in [0.4, 0.5) is 11.5 Å². The summed E-state index contributed by atoms with van der Waals surface area (Å²) in [7, 11) is 3.86. The second kappa shape index (κ2) is 9.95. The fourth-order valence-corrected chi connectivity index (χ4v) is 3.45. The highest BCUT2D eigenvalue weighted by atomic mass is 16.1. The number of benzene rings is 3. The zero-order chi connectivity index (χ0) is 24.1. The molecule has 3 N–H and O–H groups in total. The van der Waals surface area contributed by atoms with Crippen LogP contribution in [0.25, 0.3) is 11.3 Å². The second-order valence-electron chi connectivity index (χ2n) is 8.01. The van der Waals surface area contributed by atoms with Gasteiger partial charge in [0, 0.05) is 43.0 Å². The largest absolute Gasteiger partial charge is 0.382 e. The Morgan fingerprint density at radius 1 is 0.912 bits per heavy atom. The molecular formula is C27H25N5O2. The Balaban J connectivity index is 1.56. The summed E-state index contributed by atoms with van der Waals surface area (Å²) < 4.78 is 0. The lowest BCUT2D eigenvalue weighted by Gasteiger charge is -2.12. The summed E-state index contributed by atoms with van der Waals surface area (Å²) in [4.78, 5) is 36.4. The highest BCUT2D eigenvalue weighted by Gasteiger charge is 2.17. The topological polar surface area (TPSA) is 101 Å². The van der Waals surface area contributed by atoms with Crippen LogP contribution in [0.3, 0.4) is 0 Å². The number of nitrogens with one attached hydrogen (secondary N) is 1. The molecule has 1 aromatic heterocycles. The highest BCUT2D eigenvalue weighted by molar-refractivity contribution is 6.10. The van der Waals surface area contributed by atoms with Crippen LogP contribution in [0, 0.1) is 0 Å². The maximum Gasteiger partial charge on any atom is 0.251 e. The number of ketones is 1. The van der Waals surface area contributed by atoms with E-state index in [2.05, 4.69) is 15.3 Å². The van der Waals surface area contributed by atoms with Gasteiger partial charge in [-0.1, -0.05) is 42.5 Å². The number of rotatable bonds is 7. The summed E-state index contributed by atoms with van der Waals surface area (Å²) in [5, 5.41) is 2.91. The summed E-state index contributed by atoms with van der Waals surface area (Å²) in [5.74, 6) is -0.456. The van der Waals surface area contributed by atoms with Crippen LogP contribution in [0.5, 0.6) is 0 Å². The van der Waals surface area contributed by atoms with E-state index in [0.717, 1.165) is 11.3 Å². The van der Waals surface area contributed by atoms with Gasteiger partial charge in [0.2, 0.25) is 5.78 Å². The number of hydrogen-bond donors (Lipinski definition) is 2. The van der Waals surface area contributed by atoms with Gasteiger partial charge in [0.05, 0.1) is 11.9 Å². The zero-order valence-electron chi connectivity index (χ0n) is 19.0. The number of nitrogen functional groups attached to an aromatic ring is 1. The van der Waals surface area contributed by atoms with Crippen molar-refractivity contribution in [3.05, 3.63) is 107 Å². The zero-order valence-corrected chi connectivity index (χ0v) is 19.0. The van der Waals surface area contributed by atoms with Crippen molar-refractivity contribution in [1.82, 2.24) is 15.3 Å². The molecule has 1 heterocycles. The van der Waals surface area contributed by atoms with E-state index < -0.39 is 0 Å². The molecule has 7 nitrogen and oxygen atoms in total. The van der Waals surface area contributed by atoms with Gasteiger partial charge in [0.1, 0.15) is 0 Å². The van der Waals surface area contributed by atoms with Gasteiger partial charge in [0.15, 0.2) is 11.5 Å². The fourth-order valence-electron chi connectivity index (χ4n) is 3.45. The van der Waals surface area contributed by atoms with Crippen LogP contribution < -0.4 is 16.0 Å². The van der Waals surface area contributed by atoms with Crippen molar-refractivity contribution in [3.63, 3.8) is 0 Å². The molecule has 0 fully saturated rings. The van der Waals surface area contributed by atoms with Crippen molar-refractivity contribution in [2.24, 2.45) is 0 Å². The normalized spacial score (nSPS) is 10.5. The summed E-state index contributed by atoms with van der Waals surface area (Å²) in [6.45, 7) is 0.427. The van der Waals surface area contributed by atoms with Crippen molar-refractivity contribution in [2.75, 3.05) is 24.7 Å². The first-order valence-corrected chi connectivity index (χ1v) is 10.8. The Bertz CT molecular complexity index is 1320. The number of hydrogen-bond acceptors (Lipinski definition) is 6. The van der Waals surface area contributed by atoms with Gasteiger partial charge in [-0.2, -0.15) is 0 Å². The maximum absolute atomic E-state index is 13.1. The average Bonchev–Trinajstić information content (AvgIpc) is 2.88. The standard InChI is InChI=1S/C27H25N5O2/c1-32(2)22-13-11-19(12-14-22)25(33)24-26(28)29-17-23(31-24)20-9-6-10-21(15-20)27(34)30-16-18-7-4-3-5-8-18/h3-15,17H,16H2,1-2H3,(H2,28,29)(H,30,34). The molecule has 3 aromatic carbocycles. The van der Waals surface area contributed by atoms with Crippen molar-refractivity contribution in [1.29, 1.82) is 0 Å². The van der Waals surface area contributed by atoms with Crippen LogP contribution >= 0.6 is 0 Å². The summed E-state index contributed by atoms with van der Waals surface area (Å²) in [6.07, 6.45) is 1.50. The minimum atomic E-state index is -0.311. The van der Waals surface area contributed by atoms with E-state index in [1.165, 1.54) is 6.20 Å². The molecule has 7 heteroatoms. The lowest BCUT2D eigenvalue weighted by Crippen LogP contribution is -2.22. The number of amides is 1. The summed E-state index contributed by atoms with van der Waals surface area (Å²) >= 11 is 0. The van der Waals surface area contributed by atoms with E-state index in [0.29, 0.717) is 28.9 Å². The second-order valence-corrected chi connectivity index (χ2v) is 8.01. The molecule has 0 aliphatic rings. The molecule has 1 amide bonds. The van der Waals surface area contributed by atoms with E-state index >= 15 is 0 Å². The van der Waals surface area contributed by atoms with E-state index in [1.54, 1.807) is 30.3 Å². The van der Waals surface area contributed by atoms with Gasteiger partial charge >= 0.3 is 0 Å². The third kappa shape index (κ3) is 5.10.